The molecule has 2 aromatic carbocycles. The van der Waals surface area contributed by atoms with E-state index >= 15 is 4.39 Å². The van der Waals surface area contributed by atoms with Gasteiger partial charge in [0.2, 0.25) is 0 Å². The number of benzene rings is 2. The predicted octanol–water partition coefficient (Wildman–Crippen LogP) is 3.76. The summed E-state index contributed by atoms with van der Waals surface area (Å²) in [4.78, 5) is 11.8. The Morgan fingerprint density at radius 3 is 2.55 bits per heavy atom. The molecule has 29 heavy (non-hydrogen) atoms. The summed E-state index contributed by atoms with van der Waals surface area (Å²) >= 11 is 0. The van der Waals surface area contributed by atoms with Gasteiger partial charge in [-0.25, -0.2) is 22.6 Å². The topological polar surface area (TPSA) is 72.8 Å². The van der Waals surface area contributed by atoms with Gasteiger partial charge in [-0.3, -0.25) is 4.57 Å². The predicted molar refractivity (Wildman–Crippen MR) is 98.6 cm³/mol. The van der Waals surface area contributed by atoms with Gasteiger partial charge in [0.15, 0.2) is 11.6 Å². The molecule has 0 atom stereocenters. The molecule has 0 aliphatic heterocycles. The van der Waals surface area contributed by atoms with E-state index in [1.807, 2.05) is 0 Å². The average Bonchev–Trinajstić information content (AvgIpc) is 2.93. The van der Waals surface area contributed by atoms with Gasteiger partial charge in [0, 0.05) is 26.1 Å². The quantitative estimate of drug-likeness (QED) is 0.652. The molecule has 1 aromatic heterocycles. The van der Waals surface area contributed by atoms with Crippen molar-refractivity contribution in [2.45, 2.75) is 19.8 Å². The molecule has 3 aromatic rings. The molecule has 0 N–H and O–H groups in total. The molecule has 6 nitrogen and oxygen atoms in total. The summed E-state index contributed by atoms with van der Waals surface area (Å²) in [6.07, 6.45) is -2.76. The number of nitriles is 1. The van der Waals surface area contributed by atoms with Crippen LogP contribution in [0.25, 0.3) is 0 Å². The number of hydrogen-bond acceptors (Lipinski definition) is 4. The van der Waals surface area contributed by atoms with E-state index in [9.17, 15) is 13.6 Å². The van der Waals surface area contributed by atoms with Gasteiger partial charge < -0.3 is 4.74 Å². The number of rotatable bonds is 5. The highest BCUT2D eigenvalue weighted by molar-refractivity contribution is 5.46. The summed E-state index contributed by atoms with van der Waals surface area (Å²) in [5.74, 6) is -0.538. The zero-order valence-corrected chi connectivity index (χ0v) is 15.9. The minimum atomic E-state index is -2.80. The van der Waals surface area contributed by atoms with Crippen LogP contribution < -0.4 is 10.4 Å². The van der Waals surface area contributed by atoms with E-state index < -0.39 is 17.8 Å². The van der Waals surface area contributed by atoms with Crippen LogP contribution in [0.2, 0.25) is 0 Å². The maximum atomic E-state index is 15.1. The molecule has 0 unspecified atom stereocenters. The molecule has 0 amide bonds. The van der Waals surface area contributed by atoms with Gasteiger partial charge in [0.05, 0.1) is 11.6 Å². The Hall–Kier alpha value is -3.54. The second-order valence-corrected chi connectivity index (χ2v) is 6.55. The van der Waals surface area contributed by atoms with Crippen LogP contribution in [0.4, 0.5) is 13.2 Å². The molecule has 0 fully saturated rings. The Balaban J connectivity index is 2.00. The van der Waals surface area contributed by atoms with Crippen molar-refractivity contribution in [3.05, 3.63) is 74.7 Å². The lowest BCUT2D eigenvalue weighted by molar-refractivity contribution is 0.151. The Kier molecular flexibility index (Phi) is 5.46. The van der Waals surface area contributed by atoms with Crippen molar-refractivity contribution in [1.82, 2.24) is 14.3 Å². The van der Waals surface area contributed by atoms with Gasteiger partial charge in [-0.2, -0.15) is 10.4 Å². The summed E-state index contributed by atoms with van der Waals surface area (Å²) in [6.45, 7) is 1.61. The lowest BCUT2D eigenvalue weighted by atomic mass is 10.1. The summed E-state index contributed by atoms with van der Waals surface area (Å²) in [6, 6.07) is 8.34. The third-order valence-corrected chi connectivity index (χ3v) is 4.47. The molecule has 1 heterocycles. The smallest absolute Gasteiger partial charge is 0.345 e. The van der Waals surface area contributed by atoms with Gasteiger partial charge in [0.25, 0.3) is 6.43 Å². The van der Waals surface area contributed by atoms with Crippen molar-refractivity contribution >= 4 is 0 Å². The van der Waals surface area contributed by atoms with Crippen molar-refractivity contribution in [3.8, 4) is 17.6 Å². The summed E-state index contributed by atoms with van der Waals surface area (Å²) in [5, 5.41) is 13.1. The third kappa shape index (κ3) is 4.01. The number of halogens is 3. The minimum absolute atomic E-state index is 0.0181. The second kappa shape index (κ2) is 7.83. The van der Waals surface area contributed by atoms with Crippen LogP contribution in [0.15, 0.2) is 35.1 Å². The highest BCUT2D eigenvalue weighted by atomic mass is 19.3. The van der Waals surface area contributed by atoms with Crippen molar-refractivity contribution in [1.29, 1.82) is 5.26 Å². The molecular weight excluding hydrogens is 385 g/mol. The van der Waals surface area contributed by atoms with Crippen molar-refractivity contribution in [3.63, 3.8) is 0 Å². The molecule has 3 rings (SSSR count). The largest absolute Gasteiger partial charge is 0.454 e. The molecule has 150 valence electrons. The van der Waals surface area contributed by atoms with E-state index in [1.54, 1.807) is 25.1 Å². The van der Waals surface area contributed by atoms with Gasteiger partial charge in [-0.05, 0) is 36.2 Å². The molecular formula is C20H17F3N4O2. The van der Waals surface area contributed by atoms with Crippen LogP contribution in [-0.2, 0) is 20.5 Å². The Bertz CT molecular complexity index is 1180. The molecule has 0 aliphatic rings. The third-order valence-electron chi connectivity index (χ3n) is 4.47. The fraction of sp³-hybridized carbons (Fsp3) is 0.250. The Morgan fingerprint density at radius 1 is 1.24 bits per heavy atom. The average molecular weight is 402 g/mol. The van der Waals surface area contributed by atoms with Crippen LogP contribution in [0.1, 0.15) is 34.5 Å². The van der Waals surface area contributed by atoms with Gasteiger partial charge in [0.1, 0.15) is 11.6 Å². The number of aryl methyl sites for hydroxylation is 2. The number of aromatic nitrogens is 3. The van der Waals surface area contributed by atoms with Crippen LogP contribution in [0.3, 0.4) is 0 Å². The molecule has 0 aliphatic carbocycles. The first kappa shape index (κ1) is 20.2. The summed E-state index contributed by atoms with van der Waals surface area (Å²) in [5.41, 5.74) is -0.0731. The van der Waals surface area contributed by atoms with Gasteiger partial charge in [-0.15, -0.1) is 0 Å². The highest BCUT2D eigenvalue weighted by Gasteiger charge is 2.18. The number of ether oxygens (including phenoxy) is 1. The summed E-state index contributed by atoms with van der Waals surface area (Å²) in [7, 11) is 3.03. The van der Waals surface area contributed by atoms with E-state index in [4.69, 9.17) is 10.00 Å². The fourth-order valence-electron chi connectivity index (χ4n) is 2.88. The van der Waals surface area contributed by atoms with Crippen molar-refractivity contribution in [2.75, 3.05) is 0 Å². The summed E-state index contributed by atoms with van der Waals surface area (Å²) < 4.78 is 49.3. The maximum Gasteiger partial charge on any atom is 0.345 e. The first-order valence-electron chi connectivity index (χ1n) is 8.59. The second-order valence-electron chi connectivity index (χ2n) is 6.55. The van der Waals surface area contributed by atoms with E-state index in [2.05, 4.69) is 5.10 Å². The van der Waals surface area contributed by atoms with Crippen molar-refractivity contribution in [2.24, 2.45) is 14.1 Å². The minimum Gasteiger partial charge on any atom is -0.454 e. The van der Waals surface area contributed by atoms with Crippen LogP contribution in [0.5, 0.6) is 11.5 Å². The van der Waals surface area contributed by atoms with Crippen LogP contribution in [0, 0.1) is 24.1 Å². The Labute approximate surface area is 164 Å². The first-order chi connectivity index (χ1) is 13.7. The fourth-order valence-corrected chi connectivity index (χ4v) is 2.88. The molecule has 0 radical (unpaired) electrons. The van der Waals surface area contributed by atoms with Crippen LogP contribution in [-0.4, -0.2) is 14.3 Å². The molecule has 0 saturated carbocycles. The molecule has 0 bridgehead atoms. The normalized spacial score (nSPS) is 11.0. The van der Waals surface area contributed by atoms with E-state index in [0.717, 1.165) is 16.8 Å². The number of hydrogen-bond donors (Lipinski definition) is 0. The van der Waals surface area contributed by atoms with Crippen molar-refractivity contribution < 1.29 is 17.9 Å². The number of nitrogens with zero attached hydrogens (tertiary/aromatic N) is 4. The van der Waals surface area contributed by atoms with Gasteiger partial charge >= 0.3 is 5.69 Å². The standard InChI is InChI=1S/C20H17F3N4O2/c1-11-4-5-13(9-16-25-27(3)20(28)26(16)2)17(21)18(11)29-15-7-12(10-24)6-14(8-15)19(22)23/h4-8,19H,9H2,1-3H3. The van der Waals surface area contributed by atoms with E-state index in [-0.39, 0.29) is 34.7 Å². The SMILES string of the molecule is Cc1ccc(Cc2nn(C)c(=O)n2C)c(F)c1Oc1cc(C#N)cc(C(F)F)c1. The maximum absolute atomic E-state index is 15.1. The zero-order chi connectivity index (χ0) is 21.3. The highest BCUT2D eigenvalue weighted by Crippen LogP contribution is 2.33. The van der Waals surface area contributed by atoms with E-state index in [1.165, 1.54) is 24.7 Å². The van der Waals surface area contributed by atoms with Gasteiger partial charge in [-0.1, -0.05) is 12.1 Å². The van der Waals surface area contributed by atoms with E-state index in [0.29, 0.717) is 11.4 Å². The monoisotopic (exact) mass is 402 g/mol. The molecule has 0 saturated heterocycles. The zero-order valence-electron chi connectivity index (χ0n) is 15.9. The lowest BCUT2D eigenvalue weighted by Gasteiger charge is -2.14. The lowest BCUT2D eigenvalue weighted by Crippen LogP contribution is -2.20. The first-order valence-corrected chi connectivity index (χ1v) is 8.59. The number of alkyl halides is 2. The Morgan fingerprint density at radius 2 is 1.97 bits per heavy atom. The van der Waals surface area contributed by atoms with Crippen LogP contribution >= 0.6 is 0 Å². The molecule has 9 heteroatoms. The molecule has 0 spiro atoms.